The molecule has 0 unspecified atom stereocenters. The van der Waals surface area contributed by atoms with Gasteiger partial charge in [0.2, 0.25) is 5.91 Å². The number of para-hydroxylation sites is 1. The van der Waals surface area contributed by atoms with E-state index in [1.165, 1.54) is 6.08 Å². The number of nitrogens with zero attached hydrogens (tertiary/aromatic N) is 1. The van der Waals surface area contributed by atoms with Crippen molar-refractivity contribution in [2.45, 2.75) is 6.54 Å². The fourth-order valence-electron chi connectivity index (χ4n) is 3.12. The van der Waals surface area contributed by atoms with Gasteiger partial charge in [-0.25, -0.2) is 0 Å². The van der Waals surface area contributed by atoms with Crippen LogP contribution in [0, 0.1) is 0 Å². The normalized spacial score (nSPS) is 10.2. The summed E-state index contributed by atoms with van der Waals surface area (Å²) in [5.41, 5.74) is 2.77. The summed E-state index contributed by atoms with van der Waals surface area (Å²) in [6.07, 6.45) is 4.72. The van der Waals surface area contributed by atoms with Crippen molar-refractivity contribution in [1.29, 1.82) is 0 Å². The maximum absolute atomic E-state index is 11.5. The molecular weight excluding hydrogens is 400 g/mol. The summed E-state index contributed by atoms with van der Waals surface area (Å²) in [6, 6.07) is 26.8. The van der Waals surface area contributed by atoms with E-state index in [0.717, 1.165) is 28.2 Å². The second-order valence-corrected chi connectivity index (χ2v) is 6.98. The quantitative estimate of drug-likeness (QED) is 0.347. The van der Waals surface area contributed by atoms with E-state index in [4.69, 9.17) is 9.47 Å². The molecule has 1 N–H and O–H groups in total. The van der Waals surface area contributed by atoms with Gasteiger partial charge in [0.05, 0.1) is 0 Å². The number of carbonyl (C=O) groups is 1. The second-order valence-electron chi connectivity index (χ2n) is 6.98. The van der Waals surface area contributed by atoms with Crippen molar-refractivity contribution in [2.75, 3.05) is 0 Å². The molecule has 0 bridgehead atoms. The number of amides is 1. The molecule has 5 nitrogen and oxygen atoms in total. The third kappa shape index (κ3) is 5.40. The van der Waals surface area contributed by atoms with Crippen LogP contribution >= 0.6 is 0 Å². The van der Waals surface area contributed by atoms with Gasteiger partial charge in [-0.15, -0.1) is 0 Å². The van der Waals surface area contributed by atoms with Gasteiger partial charge >= 0.3 is 0 Å². The summed E-state index contributed by atoms with van der Waals surface area (Å²) < 4.78 is 12.0. The number of benzene rings is 3. The van der Waals surface area contributed by atoms with Gasteiger partial charge < -0.3 is 14.8 Å². The van der Waals surface area contributed by atoms with Crippen LogP contribution in [0.2, 0.25) is 0 Å². The molecular formula is C27H22N2O3. The van der Waals surface area contributed by atoms with Gasteiger partial charge in [-0.1, -0.05) is 43.0 Å². The highest BCUT2D eigenvalue weighted by Crippen LogP contribution is 2.34. The van der Waals surface area contributed by atoms with Gasteiger partial charge in [-0.2, -0.15) is 0 Å². The van der Waals surface area contributed by atoms with Crippen LogP contribution in [0.15, 0.2) is 110 Å². The van der Waals surface area contributed by atoms with Crippen LogP contribution in [0.1, 0.15) is 5.56 Å². The van der Waals surface area contributed by atoms with E-state index in [9.17, 15) is 4.79 Å². The van der Waals surface area contributed by atoms with Crippen molar-refractivity contribution in [1.82, 2.24) is 10.3 Å². The Bertz CT molecular complexity index is 1210. The predicted octanol–water partition coefficient (Wildman–Crippen LogP) is 6.14. The number of rotatable bonds is 8. The molecule has 1 amide bonds. The molecule has 0 atom stereocenters. The molecule has 0 aliphatic heterocycles. The lowest BCUT2D eigenvalue weighted by atomic mass is 10.0. The molecule has 4 rings (SSSR count). The van der Waals surface area contributed by atoms with Crippen LogP contribution in [0.4, 0.5) is 0 Å². The second kappa shape index (κ2) is 10.1. The molecule has 4 aromatic rings. The Labute approximate surface area is 187 Å². The first kappa shape index (κ1) is 20.9. The maximum Gasteiger partial charge on any atom is 0.243 e. The van der Waals surface area contributed by atoms with Crippen LogP contribution < -0.4 is 14.8 Å². The zero-order valence-corrected chi connectivity index (χ0v) is 17.4. The van der Waals surface area contributed by atoms with Crippen molar-refractivity contribution in [3.05, 3.63) is 116 Å². The van der Waals surface area contributed by atoms with E-state index in [-0.39, 0.29) is 5.91 Å². The molecule has 158 valence electrons. The minimum atomic E-state index is -0.208. The van der Waals surface area contributed by atoms with Crippen molar-refractivity contribution < 1.29 is 14.3 Å². The molecule has 0 aliphatic carbocycles. The fraction of sp³-hybridized carbons (Fsp3) is 0.0370. The van der Waals surface area contributed by atoms with Gasteiger partial charge in [0.25, 0.3) is 0 Å². The Morgan fingerprint density at radius 2 is 1.59 bits per heavy atom. The number of carbonyl (C=O) groups excluding carboxylic acids is 1. The first-order valence-corrected chi connectivity index (χ1v) is 10.2. The van der Waals surface area contributed by atoms with Crippen LogP contribution in [-0.4, -0.2) is 10.9 Å². The zero-order chi connectivity index (χ0) is 22.2. The molecule has 0 aliphatic rings. The lowest BCUT2D eigenvalue weighted by molar-refractivity contribution is -0.116. The molecule has 1 aromatic heterocycles. The van der Waals surface area contributed by atoms with Gasteiger partial charge in [-0.3, -0.25) is 9.78 Å². The van der Waals surface area contributed by atoms with Gasteiger partial charge in [0.1, 0.15) is 23.0 Å². The highest BCUT2D eigenvalue weighted by molar-refractivity contribution is 5.86. The Kier molecular flexibility index (Phi) is 6.58. The van der Waals surface area contributed by atoms with Crippen molar-refractivity contribution in [3.63, 3.8) is 0 Å². The Hall–Kier alpha value is -4.38. The molecule has 1 heterocycles. The van der Waals surface area contributed by atoms with E-state index in [1.54, 1.807) is 12.4 Å². The van der Waals surface area contributed by atoms with Gasteiger partial charge in [0, 0.05) is 24.5 Å². The molecule has 0 fully saturated rings. The predicted molar refractivity (Wildman–Crippen MR) is 125 cm³/mol. The number of hydrogen-bond acceptors (Lipinski definition) is 4. The van der Waals surface area contributed by atoms with E-state index >= 15 is 0 Å². The summed E-state index contributed by atoms with van der Waals surface area (Å²) in [4.78, 5) is 15.7. The number of pyridine rings is 1. The van der Waals surface area contributed by atoms with Crippen LogP contribution in [0.25, 0.3) is 11.1 Å². The van der Waals surface area contributed by atoms with Crippen LogP contribution in [-0.2, 0) is 11.3 Å². The van der Waals surface area contributed by atoms with Crippen molar-refractivity contribution in [2.24, 2.45) is 0 Å². The Morgan fingerprint density at radius 1 is 0.875 bits per heavy atom. The lowest BCUT2D eigenvalue weighted by Crippen LogP contribution is -2.19. The van der Waals surface area contributed by atoms with Crippen molar-refractivity contribution >= 4 is 5.91 Å². The minimum Gasteiger partial charge on any atom is -0.457 e. The number of ether oxygens (including phenoxy) is 2. The molecule has 0 spiro atoms. The van der Waals surface area contributed by atoms with E-state index in [1.807, 2.05) is 84.9 Å². The zero-order valence-electron chi connectivity index (χ0n) is 17.4. The monoisotopic (exact) mass is 422 g/mol. The first-order valence-electron chi connectivity index (χ1n) is 10.2. The fourth-order valence-corrected chi connectivity index (χ4v) is 3.12. The van der Waals surface area contributed by atoms with Crippen LogP contribution in [0.3, 0.4) is 0 Å². The number of aromatic nitrogens is 1. The smallest absolute Gasteiger partial charge is 0.243 e. The molecule has 3 aromatic carbocycles. The summed E-state index contributed by atoms with van der Waals surface area (Å²) >= 11 is 0. The Balaban J connectivity index is 1.50. The SMILES string of the molecule is C=CC(=O)NCc1cccc(-c2cnccc2Oc2ccc(Oc3ccccc3)cc2)c1. The van der Waals surface area contributed by atoms with E-state index < -0.39 is 0 Å². The largest absolute Gasteiger partial charge is 0.457 e. The minimum absolute atomic E-state index is 0.208. The summed E-state index contributed by atoms with van der Waals surface area (Å²) in [5, 5.41) is 2.79. The highest BCUT2D eigenvalue weighted by atomic mass is 16.5. The van der Waals surface area contributed by atoms with Crippen molar-refractivity contribution in [3.8, 4) is 34.1 Å². The average Bonchev–Trinajstić information content (AvgIpc) is 2.85. The molecule has 5 heteroatoms. The van der Waals surface area contributed by atoms with E-state index in [2.05, 4.69) is 16.9 Å². The third-order valence-electron chi connectivity index (χ3n) is 4.70. The molecule has 0 radical (unpaired) electrons. The van der Waals surface area contributed by atoms with E-state index in [0.29, 0.717) is 18.0 Å². The average molecular weight is 422 g/mol. The summed E-state index contributed by atoms with van der Waals surface area (Å²) in [5.74, 6) is 2.67. The molecule has 32 heavy (non-hydrogen) atoms. The molecule has 0 saturated heterocycles. The number of nitrogens with one attached hydrogen (secondary N) is 1. The van der Waals surface area contributed by atoms with Gasteiger partial charge in [0.15, 0.2) is 0 Å². The molecule has 0 saturated carbocycles. The van der Waals surface area contributed by atoms with Gasteiger partial charge in [-0.05, 0) is 65.7 Å². The highest BCUT2D eigenvalue weighted by Gasteiger charge is 2.09. The number of hydrogen-bond donors (Lipinski definition) is 1. The lowest BCUT2D eigenvalue weighted by Gasteiger charge is -2.13. The standard InChI is InChI=1S/C27H22N2O3/c1-2-27(30)29-18-20-7-6-8-21(17-20)25-19-28-16-15-26(25)32-24-13-11-23(12-14-24)31-22-9-4-3-5-10-22/h2-17,19H,1,18H2,(H,29,30). The third-order valence-corrected chi connectivity index (χ3v) is 4.70. The van der Waals surface area contributed by atoms with Crippen LogP contribution in [0.5, 0.6) is 23.0 Å². The summed E-state index contributed by atoms with van der Waals surface area (Å²) in [6.45, 7) is 3.89. The first-order chi connectivity index (χ1) is 15.7. The summed E-state index contributed by atoms with van der Waals surface area (Å²) in [7, 11) is 0. The topological polar surface area (TPSA) is 60.5 Å². The Morgan fingerprint density at radius 3 is 2.34 bits per heavy atom. The maximum atomic E-state index is 11.5.